The Kier molecular flexibility index (Phi) is 5.57. The maximum absolute atomic E-state index is 12.2. The molecule has 0 N–H and O–H groups in total. The number of aryl methyl sites for hydroxylation is 1. The van der Waals surface area contributed by atoms with E-state index in [9.17, 15) is 8.42 Å². The lowest BCUT2D eigenvalue weighted by Gasteiger charge is -2.08. The summed E-state index contributed by atoms with van der Waals surface area (Å²) in [6.07, 6.45) is 1.64. The van der Waals surface area contributed by atoms with Gasteiger partial charge in [0.2, 0.25) is 0 Å². The average molecular weight is 320 g/mol. The van der Waals surface area contributed by atoms with Crippen LogP contribution in [0.25, 0.3) is 0 Å². The van der Waals surface area contributed by atoms with Crippen LogP contribution >= 0.6 is 0 Å². The fraction of sp³-hybridized carbons (Fsp3) is 0.294. The lowest BCUT2D eigenvalue weighted by molar-refractivity contribution is 0.202. The molecule has 0 bridgehead atoms. The van der Waals surface area contributed by atoms with Gasteiger partial charge in [0.1, 0.15) is 10.6 Å². The van der Waals surface area contributed by atoms with Crippen molar-refractivity contribution in [3.8, 4) is 5.75 Å². The van der Waals surface area contributed by atoms with Gasteiger partial charge in [0, 0.05) is 7.11 Å². The zero-order chi connectivity index (χ0) is 16.0. The van der Waals surface area contributed by atoms with Crippen LogP contribution in [-0.4, -0.2) is 22.1 Å². The largest absolute Gasteiger partial charge is 0.384 e. The fourth-order valence-electron chi connectivity index (χ4n) is 2.00. The van der Waals surface area contributed by atoms with Crippen molar-refractivity contribution in [2.24, 2.45) is 0 Å². The number of hydrogen-bond acceptors (Lipinski definition) is 4. The summed E-state index contributed by atoms with van der Waals surface area (Å²) in [6, 6.07) is 13.7. The second kappa shape index (κ2) is 7.42. The molecule has 5 heteroatoms. The fourth-order valence-corrected chi connectivity index (χ4v) is 2.93. The molecule has 0 fully saturated rings. The lowest BCUT2D eigenvalue weighted by atomic mass is 10.1. The van der Waals surface area contributed by atoms with Crippen LogP contribution in [-0.2, 0) is 27.7 Å². The Labute approximate surface area is 131 Å². The highest BCUT2D eigenvalue weighted by Gasteiger charge is 2.16. The average Bonchev–Trinajstić information content (AvgIpc) is 2.54. The minimum Gasteiger partial charge on any atom is -0.384 e. The predicted molar refractivity (Wildman–Crippen MR) is 85.7 cm³/mol. The smallest absolute Gasteiger partial charge is 0.339 e. The zero-order valence-corrected chi connectivity index (χ0v) is 13.6. The number of rotatable bonds is 7. The molecule has 2 rings (SSSR count). The molecule has 22 heavy (non-hydrogen) atoms. The molecule has 0 amide bonds. The van der Waals surface area contributed by atoms with Gasteiger partial charge >= 0.3 is 10.1 Å². The Morgan fingerprint density at radius 1 is 0.909 bits per heavy atom. The SMILES string of the molecule is CCc1ccc(S(=O)(=O)Oc2ccc(CCOC)cc2)cc1. The van der Waals surface area contributed by atoms with Crippen molar-refractivity contribution >= 4 is 10.1 Å². The number of ether oxygens (including phenoxy) is 1. The number of hydrogen-bond donors (Lipinski definition) is 0. The molecule has 0 spiro atoms. The molecule has 0 radical (unpaired) electrons. The van der Waals surface area contributed by atoms with E-state index in [4.69, 9.17) is 8.92 Å². The molecule has 0 heterocycles. The monoisotopic (exact) mass is 320 g/mol. The maximum atomic E-state index is 12.2. The van der Waals surface area contributed by atoms with Gasteiger partial charge in [-0.1, -0.05) is 31.2 Å². The summed E-state index contributed by atoms with van der Waals surface area (Å²) in [5, 5.41) is 0. The van der Waals surface area contributed by atoms with E-state index < -0.39 is 10.1 Å². The Morgan fingerprint density at radius 3 is 2.05 bits per heavy atom. The van der Waals surface area contributed by atoms with Gasteiger partial charge in [-0.3, -0.25) is 0 Å². The van der Waals surface area contributed by atoms with Crippen molar-refractivity contribution in [2.75, 3.05) is 13.7 Å². The summed E-state index contributed by atoms with van der Waals surface area (Å²) in [4.78, 5) is 0.160. The van der Waals surface area contributed by atoms with Crippen LogP contribution in [0.4, 0.5) is 0 Å². The van der Waals surface area contributed by atoms with E-state index in [0.29, 0.717) is 12.4 Å². The third kappa shape index (κ3) is 4.32. The van der Waals surface area contributed by atoms with E-state index in [1.807, 2.05) is 19.1 Å². The van der Waals surface area contributed by atoms with Crippen molar-refractivity contribution in [3.63, 3.8) is 0 Å². The van der Waals surface area contributed by atoms with Crippen LogP contribution in [0.2, 0.25) is 0 Å². The summed E-state index contributed by atoms with van der Waals surface area (Å²) in [5.74, 6) is 0.306. The minimum absolute atomic E-state index is 0.160. The van der Waals surface area contributed by atoms with Gasteiger partial charge in [0.05, 0.1) is 6.61 Å². The van der Waals surface area contributed by atoms with Crippen LogP contribution in [0.1, 0.15) is 18.1 Å². The highest BCUT2D eigenvalue weighted by Crippen LogP contribution is 2.20. The Morgan fingerprint density at radius 2 is 1.50 bits per heavy atom. The van der Waals surface area contributed by atoms with Gasteiger partial charge in [-0.25, -0.2) is 0 Å². The molecular formula is C17H20O4S. The topological polar surface area (TPSA) is 52.6 Å². The molecule has 0 saturated carbocycles. The second-order valence-corrected chi connectivity index (χ2v) is 6.47. The highest BCUT2D eigenvalue weighted by atomic mass is 32.2. The van der Waals surface area contributed by atoms with E-state index in [2.05, 4.69) is 0 Å². The van der Waals surface area contributed by atoms with E-state index >= 15 is 0 Å². The molecule has 4 nitrogen and oxygen atoms in total. The van der Waals surface area contributed by atoms with Gasteiger partial charge < -0.3 is 8.92 Å². The molecular weight excluding hydrogens is 300 g/mol. The summed E-state index contributed by atoms with van der Waals surface area (Å²) < 4.78 is 34.6. The number of methoxy groups -OCH3 is 1. The van der Waals surface area contributed by atoms with Crippen molar-refractivity contribution in [2.45, 2.75) is 24.7 Å². The summed E-state index contributed by atoms with van der Waals surface area (Å²) in [7, 11) is -2.15. The molecule has 0 aliphatic heterocycles. The molecule has 0 aromatic heterocycles. The molecule has 2 aromatic carbocycles. The van der Waals surface area contributed by atoms with Crippen LogP contribution in [0, 0.1) is 0 Å². The van der Waals surface area contributed by atoms with Gasteiger partial charge in [-0.15, -0.1) is 0 Å². The third-order valence-electron chi connectivity index (χ3n) is 3.34. The Hall–Kier alpha value is -1.85. The Balaban J connectivity index is 2.10. The first-order chi connectivity index (χ1) is 10.5. The molecule has 0 atom stereocenters. The normalized spacial score (nSPS) is 11.4. The van der Waals surface area contributed by atoms with Crippen LogP contribution in [0.5, 0.6) is 5.75 Å². The summed E-state index contributed by atoms with van der Waals surface area (Å²) in [6.45, 7) is 2.65. The van der Waals surface area contributed by atoms with Gasteiger partial charge in [-0.05, 0) is 48.2 Å². The second-order valence-electron chi connectivity index (χ2n) is 4.92. The Bertz CT molecular complexity index is 688. The molecule has 0 saturated heterocycles. The molecule has 2 aromatic rings. The first-order valence-electron chi connectivity index (χ1n) is 7.16. The van der Waals surface area contributed by atoms with E-state index in [0.717, 1.165) is 24.0 Å². The first kappa shape index (κ1) is 16.5. The van der Waals surface area contributed by atoms with Crippen LogP contribution in [0.15, 0.2) is 53.4 Å². The highest BCUT2D eigenvalue weighted by molar-refractivity contribution is 7.87. The van der Waals surface area contributed by atoms with Crippen LogP contribution < -0.4 is 4.18 Å². The van der Waals surface area contributed by atoms with E-state index in [1.54, 1.807) is 43.5 Å². The van der Waals surface area contributed by atoms with Crippen molar-refractivity contribution in [1.29, 1.82) is 0 Å². The molecule has 0 unspecified atom stereocenters. The summed E-state index contributed by atoms with van der Waals surface area (Å²) >= 11 is 0. The third-order valence-corrected chi connectivity index (χ3v) is 4.61. The van der Waals surface area contributed by atoms with Crippen molar-refractivity contribution < 1.29 is 17.3 Å². The minimum atomic E-state index is -3.79. The molecule has 0 aliphatic carbocycles. The molecule has 0 aliphatic rings. The van der Waals surface area contributed by atoms with E-state index in [1.165, 1.54) is 0 Å². The lowest BCUT2D eigenvalue weighted by Crippen LogP contribution is -2.09. The maximum Gasteiger partial charge on any atom is 0.339 e. The van der Waals surface area contributed by atoms with Gasteiger partial charge in [-0.2, -0.15) is 8.42 Å². The van der Waals surface area contributed by atoms with Gasteiger partial charge in [0.25, 0.3) is 0 Å². The molecule has 118 valence electrons. The van der Waals surface area contributed by atoms with Crippen LogP contribution in [0.3, 0.4) is 0 Å². The predicted octanol–water partition coefficient (Wildman–Crippen LogP) is 3.21. The van der Waals surface area contributed by atoms with E-state index in [-0.39, 0.29) is 4.90 Å². The van der Waals surface area contributed by atoms with Gasteiger partial charge in [0.15, 0.2) is 0 Å². The number of benzene rings is 2. The quantitative estimate of drug-likeness (QED) is 0.735. The zero-order valence-electron chi connectivity index (χ0n) is 12.8. The summed E-state index contributed by atoms with van der Waals surface area (Å²) in [5.41, 5.74) is 2.15. The van der Waals surface area contributed by atoms with Crippen molar-refractivity contribution in [3.05, 3.63) is 59.7 Å². The first-order valence-corrected chi connectivity index (χ1v) is 8.57. The van der Waals surface area contributed by atoms with Crippen molar-refractivity contribution in [1.82, 2.24) is 0 Å². The standard InChI is InChI=1S/C17H20O4S/c1-3-14-6-10-17(11-7-14)22(18,19)21-16-8-4-15(5-9-16)12-13-20-2/h4-11H,3,12-13H2,1-2H3.